The molecule has 0 fully saturated rings. The molecule has 5 nitrogen and oxygen atoms in total. The van der Waals surface area contributed by atoms with Gasteiger partial charge in [0.1, 0.15) is 0 Å². The number of nitrogens with zero attached hydrogens (tertiary/aromatic N) is 3. The van der Waals surface area contributed by atoms with E-state index < -0.39 is 0 Å². The lowest BCUT2D eigenvalue weighted by Crippen LogP contribution is -2.33. The van der Waals surface area contributed by atoms with Crippen molar-refractivity contribution < 1.29 is 4.79 Å². The van der Waals surface area contributed by atoms with E-state index in [9.17, 15) is 4.79 Å². The van der Waals surface area contributed by atoms with Crippen LogP contribution in [0.1, 0.15) is 43.2 Å². The molecular weight excluding hydrogens is 300 g/mol. The zero-order valence-electron chi connectivity index (χ0n) is 14.3. The van der Waals surface area contributed by atoms with Gasteiger partial charge in [-0.25, -0.2) is 9.50 Å². The monoisotopic (exact) mass is 322 g/mol. The Hall–Kier alpha value is -2.69. The van der Waals surface area contributed by atoms with Crippen LogP contribution in [0.3, 0.4) is 0 Å². The van der Waals surface area contributed by atoms with Crippen molar-refractivity contribution in [3.05, 3.63) is 53.9 Å². The Labute approximate surface area is 141 Å². The first-order valence-electron chi connectivity index (χ1n) is 8.38. The SMILES string of the molecule is CCc1c(C(=O)NC(C)CC)cnc2cc(-c3ccccc3)nn12. The summed E-state index contributed by atoms with van der Waals surface area (Å²) < 4.78 is 1.79. The Morgan fingerprint density at radius 2 is 2.00 bits per heavy atom. The largest absolute Gasteiger partial charge is 0.349 e. The van der Waals surface area contributed by atoms with Crippen molar-refractivity contribution in [2.24, 2.45) is 0 Å². The number of benzene rings is 1. The molecule has 0 aliphatic carbocycles. The summed E-state index contributed by atoms with van der Waals surface area (Å²) in [4.78, 5) is 17.0. The summed E-state index contributed by atoms with van der Waals surface area (Å²) in [5.41, 5.74) is 4.12. The maximum absolute atomic E-state index is 12.5. The number of amides is 1. The summed E-state index contributed by atoms with van der Waals surface area (Å²) >= 11 is 0. The van der Waals surface area contributed by atoms with Crippen molar-refractivity contribution >= 4 is 11.6 Å². The molecule has 1 atom stereocenters. The van der Waals surface area contributed by atoms with E-state index in [2.05, 4.69) is 15.4 Å². The zero-order valence-corrected chi connectivity index (χ0v) is 14.3. The lowest BCUT2D eigenvalue weighted by atomic mass is 10.1. The van der Waals surface area contributed by atoms with Gasteiger partial charge < -0.3 is 5.32 Å². The Bertz CT molecular complexity index is 854. The van der Waals surface area contributed by atoms with Gasteiger partial charge in [0, 0.05) is 23.9 Å². The third-order valence-corrected chi connectivity index (χ3v) is 4.22. The number of rotatable bonds is 5. The van der Waals surface area contributed by atoms with Crippen LogP contribution in [0.25, 0.3) is 16.9 Å². The van der Waals surface area contributed by atoms with Crippen molar-refractivity contribution in [2.45, 2.75) is 39.7 Å². The van der Waals surface area contributed by atoms with Crippen LogP contribution in [0.4, 0.5) is 0 Å². The van der Waals surface area contributed by atoms with Crippen LogP contribution in [0.2, 0.25) is 0 Å². The molecular formula is C19H22N4O. The van der Waals surface area contributed by atoms with E-state index in [1.807, 2.05) is 57.2 Å². The van der Waals surface area contributed by atoms with E-state index >= 15 is 0 Å². The number of hydrogen-bond donors (Lipinski definition) is 1. The molecule has 1 aromatic carbocycles. The quantitative estimate of drug-likeness (QED) is 0.782. The molecule has 0 radical (unpaired) electrons. The zero-order chi connectivity index (χ0) is 17.1. The molecule has 3 rings (SSSR count). The van der Waals surface area contributed by atoms with Crippen molar-refractivity contribution in [3.63, 3.8) is 0 Å². The number of nitrogens with one attached hydrogen (secondary N) is 1. The molecule has 1 N–H and O–H groups in total. The van der Waals surface area contributed by atoms with Gasteiger partial charge in [-0.15, -0.1) is 0 Å². The van der Waals surface area contributed by atoms with E-state index in [4.69, 9.17) is 0 Å². The highest BCUT2D eigenvalue weighted by atomic mass is 16.1. The minimum atomic E-state index is -0.0904. The molecule has 24 heavy (non-hydrogen) atoms. The van der Waals surface area contributed by atoms with Gasteiger partial charge in [0.2, 0.25) is 0 Å². The fourth-order valence-electron chi connectivity index (χ4n) is 2.66. The number of hydrogen-bond acceptors (Lipinski definition) is 3. The van der Waals surface area contributed by atoms with E-state index in [0.29, 0.717) is 12.0 Å². The summed E-state index contributed by atoms with van der Waals surface area (Å²) in [6.07, 6.45) is 3.25. The first kappa shape index (κ1) is 16.2. The lowest BCUT2D eigenvalue weighted by molar-refractivity contribution is 0.0937. The summed E-state index contributed by atoms with van der Waals surface area (Å²) in [5, 5.41) is 7.67. The molecule has 1 unspecified atom stereocenters. The maximum atomic E-state index is 12.5. The maximum Gasteiger partial charge on any atom is 0.254 e. The summed E-state index contributed by atoms with van der Waals surface area (Å²) in [6.45, 7) is 6.07. The van der Waals surface area contributed by atoms with Crippen LogP contribution in [0.5, 0.6) is 0 Å². The second kappa shape index (κ2) is 6.83. The number of fused-ring (bicyclic) bond motifs is 1. The van der Waals surface area contributed by atoms with Crippen LogP contribution in [-0.4, -0.2) is 26.5 Å². The topological polar surface area (TPSA) is 59.3 Å². The normalized spacial score (nSPS) is 12.3. The molecule has 0 saturated heterocycles. The number of aryl methyl sites for hydroxylation is 1. The fourth-order valence-corrected chi connectivity index (χ4v) is 2.66. The Kier molecular flexibility index (Phi) is 4.60. The highest BCUT2D eigenvalue weighted by molar-refractivity contribution is 5.95. The highest BCUT2D eigenvalue weighted by Gasteiger charge is 2.17. The van der Waals surface area contributed by atoms with Crippen LogP contribution in [0.15, 0.2) is 42.6 Å². The predicted molar refractivity (Wildman–Crippen MR) is 95.0 cm³/mol. The molecule has 124 valence electrons. The molecule has 3 aromatic rings. The van der Waals surface area contributed by atoms with Crippen molar-refractivity contribution in [1.29, 1.82) is 0 Å². The van der Waals surface area contributed by atoms with Crippen LogP contribution in [0, 0.1) is 0 Å². The van der Waals surface area contributed by atoms with Gasteiger partial charge in [-0.2, -0.15) is 5.10 Å². The number of carbonyl (C=O) groups is 1. The first-order valence-corrected chi connectivity index (χ1v) is 8.38. The molecule has 5 heteroatoms. The summed E-state index contributed by atoms with van der Waals surface area (Å²) in [7, 11) is 0. The van der Waals surface area contributed by atoms with E-state index in [-0.39, 0.29) is 11.9 Å². The molecule has 0 spiro atoms. The van der Waals surface area contributed by atoms with E-state index in [0.717, 1.165) is 29.0 Å². The summed E-state index contributed by atoms with van der Waals surface area (Å²) in [6, 6.07) is 12.1. The summed E-state index contributed by atoms with van der Waals surface area (Å²) in [5.74, 6) is -0.0904. The lowest BCUT2D eigenvalue weighted by Gasteiger charge is -2.13. The predicted octanol–water partition coefficient (Wildman–Crippen LogP) is 3.49. The van der Waals surface area contributed by atoms with Gasteiger partial charge >= 0.3 is 0 Å². The minimum Gasteiger partial charge on any atom is -0.349 e. The molecule has 0 aliphatic heterocycles. The molecule has 2 aromatic heterocycles. The second-order valence-corrected chi connectivity index (χ2v) is 5.92. The fraction of sp³-hybridized carbons (Fsp3) is 0.316. The van der Waals surface area contributed by atoms with Crippen molar-refractivity contribution in [3.8, 4) is 11.3 Å². The second-order valence-electron chi connectivity index (χ2n) is 5.92. The molecule has 1 amide bonds. The third-order valence-electron chi connectivity index (χ3n) is 4.22. The van der Waals surface area contributed by atoms with Crippen LogP contribution >= 0.6 is 0 Å². The van der Waals surface area contributed by atoms with Gasteiger partial charge in [0.05, 0.1) is 17.0 Å². The average Bonchev–Trinajstić information content (AvgIpc) is 3.05. The van der Waals surface area contributed by atoms with Gasteiger partial charge in [-0.1, -0.05) is 44.2 Å². The van der Waals surface area contributed by atoms with Crippen LogP contribution < -0.4 is 5.32 Å². The van der Waals surface area contributed by atoms with Gasteiger partial charge in [-0.05, 0) is 19.8 Å². The van der Waals surface area contributed by atoms with E-state index in [1.54, 1.807) is 10.7 Å². The standard InChI is InChI=1S/C19H22N4O/c1-4-13(3)21-19(24)15-12-20-18-11-16(14-9-7-6-8-10-14)22-23(18)17(15)5-2/h6-13H,4-5H2,1-3H3,(H,21,24). The first-order chi connectivity index (χ1) is 11.6. The molecule has 0 saturated carbocycles. The number of aromatic nitrogens is 3. The molecule has 2 heterocycles. The highest BCUT2D eigenvalue weighted by Crippen LogP contribution is 2.21. The Morgan fingerprint density at radius 3 is 2.67 bits per heavy atom. The van der Waals surface area contributed by atoms with Gasteiger partial charge in [-0.3, -0.25) is 4.79 Å². The van der Waals surface area contributed by atoms with Gasteiger partial charge in [0.25, 0.3) is 5.91 Å². The smallest absolute Gasteiger partial charge is 0.254 e. The van der Waals surface area contributed by atoms with Gasteiger partial charge in [0.15, 0.2) is 5.65 Å². The van der Waals surface area contributed by atoms with Crippen LogP contribution in [-0.2, 0) is 6.42 Å². The molecule has 0 bridgehead atoms. The minimum absolute atomic E-state index is 0.0904. The molecule has 0 aliphatic rings. The average molecular weight is 322 g/mol. The van der Waals surface area contributed by atoms with Crippen molar-refractivity contribution in [1.82, 2.24) is 19.9 Å². The Morgan fingerprint density at radius 1 is 1.25 bits per heavy atom. The number of carbonyl (C=O) groups excluding carboxylic acids is 1. The van der Waals surface area contributed by atoms with E-state index in [1.165, 1.54) is 0 Å². The van der Waals surface area contributed by atoms with Crippen molar-refractivity contribution in [2.75, 3.05) is 0 Å². The Balaban J connectivity index is 2.05. The third kappa shape index (κ3) is 3.02.